The van der Waals surface area contributed by atoms with Crippen molar-refractivity contribution in [3.63, 3.8) is 0 Å². The second-order valence-corrected chi connectivity index (χ2v) is 12.0. The Morgan fingerprint density at radius 2 is 1.42 bits per heavy atom. The molecule has 3 N–H and O–H groups in total. The smallest absolute Gasteiger partial charge is 0.294 e. The third-order valence-corrected chi connectivity index (χ3v) is 7.94. The molecular weight excluding hydrogens is 464 g/mol. The Balaban J connectivity index is 1.63. The van der Waals surface area contributed by atoms with E-state index in [-0.39, 0.29) is 9.79 Å². The van der Waals surface area contributed by atoms with Crippen LogP contribution in [0.4, 0.5) is 11.4 Å². The second-order valence-electron chi connectivity index (χ2n) is 9.15. The molecule has 2 aliphatic rings. The molecule has 0 saturated carbocycles. The maximum atomic E-state index is 11.5. The Hall–Kier alpha value is -2.79. The number of allylic oxidation sites excluding steroid dienone is 4. The number of benzene rings is 2. The van der Waals surface area contributed by atoms with Gasteiger partial charge in [-0.25, -0.2) is 0 Å². The highest BCUT2D eigenvalue weighted by Gasteiger charge is 2.36. The second kappa shape index (κ2) is 7.36. The van der Waals surface area contributed by atoms with Crippen LogP contribution in [0.5, 0.6) is 0 Å². The molecular formula is C23H24N2O6S2. The Kier molecular flexibility index (Phi) is 5.21. The van der Waals surface area contributed by atoms with Crippen molar-refractivity contribution in [3.05, 3.63) is 71.5 Å². The normalized spacial score (nSPS) is 19.9. The van der Waals surface area contributed by atoms with Crippen molar-refractivity contribution in [2.45, 2.75) is 48.3 Å². The molecule has 0 bridgehead atoms. The Bertz CT molecular complexity index is 1480. The van der Waals surface area contributed by atoms with E-state index in [1.807, 2.05) is 45.9 Å². The molecule has 10 heteroatoms. The molecule has 33 heavy (non-hydrogen) atoms. The van der Waals surface area contributed by atoms with Crippen molar-refractivity contribution < 1.29 is 25.9 Å². The number of rotatable bonds is 4. The van der Waals surface area contributed by atoms with Gasteiger partial charge in [-0.05, 0) is 59.7 Å². The van der Waals surface area contributed by atoms with Gasteiger partial charge in [-0.1, -0.05) is 33.8 Å². The third kappa shape index (κ3) is 4.04. The minimum Gasteiger partial charge on any atom is -0.358 e. The van der Waals surface area contributed by atoms with E-state index in [1.165, 1.54) is 24.3 Å². The first kappa shape index (κ1) is 23.4. The zero-order valence-electron chi connectivity index (χ0n) is 18.5. The van der Waals surface area contributed by atoms with Gasteiger partial charge >= 0.3 is 0 Å². The van der Waals surface area contributed by atoms with Crippen molar-refractivity contribution >= 4 is 37.3 Å². The molecule has 174 valence electrons. The molecule has 2 heterocycles. The van der Waals surface area contributed by atoms with E-state index in [9.17, 15) is 25.9 Å². The molecule has 0 spiro atoms. The summed E-state index contributed by atoms with van der Waals surface area (Å²) in [6, 6.07) is 8.78. The first-order chi connectivity index (χ1) is 15.1. The first-order valence-electron chi connectivity index (χ1n) is 10.1. The van der Waals surface area contributed by atoms with Gasteiger partial charge in [-0.3, -0.25) is 14.1 Å². The number of nitrogens with zero attached hydrogens (tertiary/aromatic N) is 1. The average Bonchev–Trinajstić information content (AvgIpc) is 3.10. The molecule has 0 fully saturated rings. The van der Waals surface area contributed by atoms with Crippen LogP contribution < -0.4 is 5.32 Å². The van der Waals surface area contributed by atoms with Crippen molar-refractivity contribution in [1.29, 1.82) is 0 Å². The lowest BCUT2D eigenvalue weighted by molar-refractivity contribution is 0.480. The predicted octanol–water partition coefficient (Wildman–Crippen LogP) is 4.39. The summed E-state index contributed by atoms with van der Waals surface area (Å²) >= 11 is 0. The molecule has 2 aliphatic heterocycles. The van der Waals surface area contributed by atoms with E-state index in [4.69, 9.17) is 0 Å². The highest BCUT2D eigenvalue weighted by Crippen LogP contribution is 2.44. The average molecular weight is 489 g/mol. The summed E-state index contributed by atoms with van der Waals surface area (Å²) in [7, 11) is -8.61. The molecule has 0 saturated heterocycles. The fourth-order valence-corrected chi connectivity index (χ4v) is 5.18. The lowest BCUT2D eigenvalue weighted by Crippen LogP contribution is -2.24. The lowest BCUT2D eigenvalue weighted by Gasteiger charge is -2.21. The minimum absolute atomic E-state index is 0.156. The minimum atomic E-state index is -4.31. The molecule has 0 aliphatic carbocycles. The predicted molar refractivity (Wildman–Crippen MR) is 127 cm³/mol. The number of hydrogen-bond donors (Lipinski definition) is 3. The highest BCUT2D eigenvalue weighted by molar-refractivity contribution is 7.86. The molecule has 0 atom stereocenters. The van der Waals surface area contributed by atoms with Crippen LogP contribution in [0.15, 0.2) is 75.1 Å². The number of hydrogen-bond acceptors (Lipinski definition) is 6. The van der Waals surface area contributed by atoms with Crippen molar-refractivity contribution in [2.75, 3.05) is 5.32 Å². The SMILES string of the molecule is CC1(C)C(C=CC=C2Nc3ccc(S(=O)(=O)O)cc3C2(C)C)=Nc2ccc(S(=O)(=O)O)cc21. The Labute approximate surface area is 193 Å². The van der Waals surface area contributed by atoms with Crippen LogP contribution in [-0.4, -0.2) is 31.7 Å². The maximum Gasteiger partial charge on any atom is 0.294 e. The van der Waals surface area contributed by atoms with Gasteiger partial charge in [0.2, 0.25) is 0 Å². The molecule has 0 unspecified atom stereocenters. The first-order valence-corrected chi connectivity index (χ1v) is 13.0. The molecule has 4 rings (SSSR count). The van der Waals surface area contributed by atoms with Crippen LogP contribution in [0.1, 0.15) is 38.8 Å². The molecule has 0 amide bonds. The van der Waals surface area contributed by atoms with Gasteiger partial charge in [0, 0.05) is 22.2 Å². The summed E-state index contributed by atoms with van der Waals surface area (Å²) in [6.45, 7) is 7.74. The fraction of sp³-hybridized carbons (Fsp3) is 0.261. The molecule has 0 aromatic heterocycles. The Morgan fingerprint density at radius 1 is 0.848 bits per heavy atom. The summed E-state index contributed by atoms with van der Waals surface area (Å²) in [5.74, 6) is 0. The van der Waals surface area contributed by atoms with E-state index in [0.717, 1.165) is 22.7 Å². The van der Waals surface area contributed by atoms with Crippen molar-refractivity contribution in [1.82, 2.24) is 0 Å². The monoisotopic (exact) mass is 488 g/mol. The van der Waals surface area contributed by atoms with Gasteiger partial charge in [-0.15, -0.1) is 0 Å². The largest absolute Gasteiger partial charge is 0.358 e. The molecule has 2 aromatic rings. The van der Waals surface area contributed by atoms with Crippen LogP contribution >= 0.6 is 0 Å². The number of anilines is 1. The van der Waals surface area contributed by atoms with E-state index < -0.39 is 31.1 Å². The zero-order chi connectivity index (χ0) is 24.4. The van der Waals surface area contributed by atoms with Gasteiger partial charge < -0.3 is 5.32 Å². The maximum absolute atomic E-state index is 11.5. The van der Waals surface area contributed by atoms with Crippen molar-refractivity contribution in [3.8, 4) is 0 Å². The summed E-state index contributed by atoms with van der Waals surface area (Å²) in [4.78, 5) is 4.29. The quantitative estimate of drug-likeness (QED) is 0.544. The van der Waals surface area contributed by atoms with Gasteiger partial charge in [-0.2, -0.15) is 16.8 Å². The Morgan fingerprint density at radius 3 is 2.03 bits per heavy atom. The van der Waals surface area contributed by atoms with Crippen LogP contribution in [0.3, 0.4) is 0 Å². The topological polar surface area (TPSA) is 133 Å². The van der Waals surface area contributed by atoms with Gasteiger partial charge in [0.15, 0.2) is 0 Å². The van der Waals surface area contributed by atoms with Crippen LogP contribution in [0, 0.1) is 0 Å². The standard InChI is InChI=1S/C23H24N2O6S2/c1-22(2)16-12-14(32(26,27)28)8-10-18(16)24-20(22)6-5-7-21-23(3,4)17-13-15(33(29,30)31)9-11-19(17)25-21/h5-13,24H,1-4H3,(H,26,27,28)(H,29,30,31). The summed E-state index contributed by atoms with van der Waals surface area (Å²) in [5.41, 5.74) is 3.32. The summed E-state index contributed by atoms with van der Waals surface area (Å²) < 4.78 is 64.8. The number of fused-ring (bicyclic) bond motifs is 2. The number of nitrogens with one attached hydrogen (secondary N) is 1. The fourth-order valence-electron chi connectivity index (χ4n) is 4.17. The van der Waals surface area contributed by atoms with Crippen molar-refractivity contribution in [2.24, 2.45) is 4.99 Å². The molecule has 0 radical (unpaired) electrons. The van der Waals surface area contributed by atoms with E-state index in [2.05, 4.69) is 10.3 Å². The van der Waals surface area contributed by atoms with Gasteiger partial charge in [0.05, 0.1) is 21.2 Å². The molecule has 8 nitrogen and oxygen atoms in total. The highest BCUT2D eigenvalue weighted by atomic mass is 32.2. The van der Waals surface area contributed by atoms with E-state index in [0.29, 0.717) is 11.3 Å². The zero-order valence-corrected chi connectivity index (χ0v) is 20.1. The third-order valence-electron chi connectivity index (χ3n) is 6.24. The van der Waals surface area contributed by atoms with Crippen LogP contribution in [0.2, 0.25) is 0 Å². The van der Waals surface area contributed by atoms with Gasteiger partial charge in [0.25, 0.3) is 20.2 Å². The summed E-state index contributed by atoms with van der Waals surface area (Å²) in [5, 5.41) is 3.29. The van der Waals surface area contributed by atoms with Crippen LogP contribution in [-0.2, 0) is 31.1 Å². The summed E-state index contributed by atoms with van der Waals surface area (Å²) in [6.07, 6.45) is 5.54. The lowest BCUT2D eigenvalue weighted by atomic mass is 9.81. The number of aliphatic imine (C=N–C) groups is 1. The van der Waals surface area contributed by atoms with E-state index >= 15 is 0 Å². The van der Waals surface area contributed by atoms with E-state index in [1.54, 1.807) is 12.1 Å². The van der Waals surface area contributed by atoms with Crippen LogP contribution in [0.25, 0.3) is 0 Å². The molecule has 2 aromatic carbocycles. The van der Waals surface area contributed by atoms with Gasteiger partial charge in [0.1, 0.15) is 0 Å².